The van der Waals surface area contributed by atoms with Crippen molar-refractivity contribution in [2.75, 3.05) is 20.6 Å². The van der Waals surface area contributed by atoms with Crippen LogP contribution in [0.1, 0.15) is 45.2 Å². The van der Waals surface area contributed by atoms with E-state index < -0.39 is 0 Å². The molecule has 0 aliphatic rings. The summed E-state index contributed by atoms with van der Waals surface area (Å²) in [7, 11) is 4.19. The van der Waals surface area contributed by atoms with Crippen molar-refractivity contribution in [3.8, 4) is 0 Å². The van der Waals surface area contributed by atoms with Gasteiger partial charge in [0, 0.05) is 27.6 Å². The van der Waals surface area contributed by atoms with E-state index >= 15 is 0 Å². The maximum Gasteiger partial charge on any atom is 0.0465 e. The first-order valence-electron chi connectivity index (χ1n) is 7.15. The molecular formula is C16H26BrClN2. The molecule has 0 spiro atoms. The molecule has 2 nitrogen and oxygen atoms in total. The zero-order valence-electron chi connectivity index (χ0n) is 13.1. The molecule has 0 amide bonds. The Labute approximate surface area is 137 Å². The van der Waals surface area contributed by atoms with Crippen LogP contribution in [0, 0.1) is 0 Å². The van der Waals surface area contributed by atoms with Crippen LogP contribution in [-0.4, -0.2) is 31.1 Å². The smallest absolute Gasteiger partial charge is 0.0465 e. The van der Waals surface area contributed by atoms with Crippen LogP contribution in [-0.2, 0) is 0 Å². The van der Waals surface area contributed by atoms with Gasteiger partial charge >= 0.3 is 0 Å². The van der Waals surface area contributed by atoms with Crippen molar-refractivity contribution in [2.24, 2.45) is 0 Å². The van der Waals surface area contributed by atoms with Gasteiger partial charge in [0.05, 0.1) is 0 Å². The summed E-state index contributed by atoms with van der Waals surface area (Å²) in [5.74, 6) is 0. The first kappa shape index (κ1) is 18.0. The van der Waals surface area contributed by atoms with Crippen LogP contribution >= 0.6 is 27.5 Å². The van der Waals surface area contributed by atoms with E-state index in [0.29, 0.717) is 0 Å². The lowest BCUT2D eigenvalue weighted by atomic mass is 9.98. The van der Waals surface area contributed by atoms with Crippen LogP contribution in [0.15, 0.2) is 22.7 Å². The van der Waals surface area contributed by atoms with Gasteiger partial charge in [-0.2, -0.15) is 0 Å². The van der Waals surface area contributed by atoms with E-state index in [9.17, 15) is 0 Å². The van der Waals surface area contributed by atoms with Crippen molar-refractivity contribution in [2.45, 2.75) is 45.2 Å². The molecule has 0 aliphatic carbocycles. The normalized spacial score (nSPS) is 13.8. The summed E-state index contributed by atoms with van der Waals surface area (Å²) < 4.78 is 1.02. The Morgan fingerprint density at radius 2 is 2.05 bits per heavy atom. The number of nitrogens with zero attached hydrogens (tertiary/aromatic N) is 1. The number of nitrogens with one attached hydrogen (secondary N) is 1. The predicted octanol–water partition coefficient (Wildman–Crippen LogP) is 4.87. The molecule has 0 saturated carbocycles. The van der Waals surface area contributed by atoms with E-state index in [-0.39, 0.29) is 11.6 Å². The van der Waals surface area contributed by atoms with Gasteiger partial charge in [-0.3, -0.25) is 0 Å². The molecule has 1 atom stereocenters. The minimum atomic E-state index is 0.238. The minimum Gasteiger partial charge on any atom is -0.313 e. The molecule has 0 radical (unpaired) electrons. The number of hydrogen-bond donors (Lipinski definition) is 1. The second-order valence-corrected chi connectivity index (χ2v) is 7.21. The van der Waals surface area contributed by atoms with Crippen LogP contribution < -0.4 is 5.32 Å². The fourth-order valence-electron chi connectivity index (χ4n) is 2.13. The van der Waals surface area contributed by atoms with Gasteiger partial charge in [0.25, 0.3) is 0 Å². The molecule has 114 valence electrons. The highest BCUT2D eigenvalue weighted by Gasteiger charge is 2.22. The first-order chi connectivity index (χ1) is 9.31. The second kappa shape index (κ2) is 7.79. The third kappa shape index (κ3) is 4.73. The molecule has 0 aliphatic heterocycles. The van der Waals surface area contributed by atoms with Crippen molar-refractivity contribution in [3.05, 3.63) is 33.3 Å². The van der Waals surface area contributed by atoms with Crippen LogP contribution in [0.2, 0.25) is 5.02 Å². The first-order valence-corrected chi connectivity index (χ1v) is 8.32. The number of halogens is 2. The Hall–Kier alpha value is -0.0900. The lowest BCUT2D eigenvalue weighted by molar-refractivity contribution is 0.144. The van der Waals surface area contributed by atoms with Crippen molar-refractivity contribution in [1.29, 1.82) is 0 Å². The van der Waals surface area contributed by atoms with Gasteiger partial charge in [0.2, 0.25) is 0 Å². The summed E-state index contributed by atoms with van der Waals surface area (Å²) in [4.78, 5) is 2.42. The number of rotatable bonds is 7. The van der Waals surface area contributed by atoms with E-state index in [2.05, 4.69) is 60.0 Å². The highest BCUT2D eigenvalue weighted by Crippen LogP contribution is 2.29. The molecule has 0 bridgehead atoms. The molecule has 1 aromatic carbocycles. The lowest BCUT2D eigenvalue weighted by Crippen LogP contribution is -2.41. The summed E-state index contributed by atoms with van der Waals surface area (Å²) >= 11 is 9.80. The van der Waals surface area contributed by atoms with E-state index in [1.54, 1.807) is 0 Å². The predicted molar refractivity (Wildman–Crippen MR) is 92.6 cm³/mol. The maximum atomic E-state index is 6.35. The Morgan fingerprint density at radius 3 is 2.55 bits per heavy atom. The summed E-state index contributed by atoms with van der Waals surface area (Å²) in [6.45, 7) is 7.85. The summed E-state index contributed by atoms with van der Waals surface area (Å²) in [6.07, 6.45) is 2.19. The third-order valence-corrected chi connectivity index (χ3v) is 5.16. The van der Waals surface area contributed by atoms with Crippen LogP contribution in [0.3, 0.4) is 0 Å². The SMILES string of the molecule is CCC(C)(C)N(C)CCC(NC)c1ccc(Br)cc1Cl. The highest BCUT2D eigenvalue weighted by molar-refractivity contribution is 9.10. The average molecular weight is 362 g/mol. The topological polar surface area (TPSA) is 15.3 Å². The average Bonchev–Trinajstić information content (AvgIpc) is 2.40. The summed E-state index contributed by atoms with van der Waals surface area (Å²) in [6, 6.07) is 6.38. The molecule has 1 rings (SSSR count). The molecule has 0 fully saturated rings. The second-order valence-electron chi connectivity index (χ2n) is 5.88. The molecule has 1 aromatic rings. The maximum absolute atomic E-state index is 6.35. The molecule has 0 aromatic heterocycles. The summed E-state index contributed by atoms with van der Waals surface area (Å²) in [5, 5.41) is 4.19. The zero-order valence-corrected chi connectivity index (χ0v) is 15.5. The molecule has 0 saturated heterocycles. The minimum absolute atomic E-state index is 0.238. The van der Waals surface area contributed by atoms with Crippen LogP contribution in [0.25, 0.3) is 0 Å². The third-order valence-electron chi connectivity index (χ3n) is 4.34. The van der Waals surface area contributed by atoms with E-state index in [0.717, 1.165) is 28.9 Å². The number of hydrogen-bond acceptors (Lipinski definition) is 2. The molecule has 1 N–H and O–H groups in total. The van der Waals surface area contributed by atoms with Gasteiger partial charge in [-0.25, -0.2) is 0 Å². The zero-order chi connectivity index (χ0) is 15.3. The summed E-state index contributed by atoms with van der Waals surface area (Å²) in [5.41, 5.74) is 1.40. The highest BCUT2D eigenvalue weighted by atomic mass is 79.9. The van der Waals surface area contributed by atoms with Gasteiger partial charge in [-0.05, 0) is 58.5 Å². The van der Waals surface area contributed by atoms with E-state index in [1.807, 2.05) is 19.2 Å². The van der Waals surface area contributed by atoms with E-state index in [4.69, 9.17) is 11.6 Å². The molecular weight excluding hydrogens is 336 g/mol. The van der Waals surface area contributed by atoms with Crippen molar-refractivity contribution in [3.63, 3.8) is 0 Å². The molecule has 20 heavy (non-hydrogen) atoms. The van der Waals surface area contributed by atoms with Crippen molar-refractivity contribution >= 4 is 27.5 Å². The fraction of sp³-hybridized carbons (Fsp3) is 0.625. The van der Waals surface area contributed by atoms with Gasteiger partial charge in [0.1, 0.15) is 0 Å². The Balaban J connectivity index is 2.73. The number of benzene rings is 1. The van der Waals surface area contributed by atoms with Crippen LogP contribution in [0.5, 0.6) is 0 Å². The van der Waals surface area contributed by atoms with Crippen LogP contribution in [0.4, 0.5) is 0 Å². The standard InChI is InChI=1S/C16H26BrClN2/c1-6-16(2,3)20(5)10-9-15(19-4)13-8-7-12(17)11-14(13)18/h7-8,11,15,19H,6,9-10H2,1-5H3. The Bertz CT molecular complexity index is 434. The van der Waals surface area contributed by atoms with E-state index in [1.165, 1.54) is 5.56 Å². The van der Waals surface area contributed by atoms with Gasteiger partial charge < -0.3 is 10.2 Å². The molecule has 4 heteroatoms. The molecule has 1 unspecified atom stereocenters. The van der Waals surface area contributed by atoms with Gasteiger partial charge in [-0.1, -0.05) is 40.5 Å². The van der Waals surface area contributed by atoms with Crippen molar-refractivity contribution < 1.29 is 0 Å². The monoisotopic (exact) mass is 360 g/mol. The van der Waals surface area contributed by atoms with Crippen molar-refractivity contribution in [1.82, 2.24) is 10.2 Å². The lowest BCUT2D eigenvalue weighted by Gasteiger charge is -2.35. The quantitative estimate of drug-likeness (QED) is 0.745. The van der Waals surface area contributed by atoms with Gasteiger partial charge in [0.15, 0.2) is 0 Å². The Kier molecular flexibility index (Phi) is 6.99. The Morgan fingerprint density at radius 1 is 1.40 bits per heavy atom. The van der Waals surface area contributed by atoms with Gasteiger partial charge in [-0.15, -0.1) is 0 Å². The molecule has 0 heterocycles. The largest absolute Gasteiger partial charge is 0.313 e. The fourth-order valence-corrected chi connectivity index (χ4v) is 2.94.